The SMILES string of the molecule is CN1C(C2=CC([Si](C3=CC=CCC3)(c3ccccc3)c3ccc4c(c3)c3ccccc3n4C3=CCCC=C3)CC=C2)=NC(c2ccccc2)N[C@@H]1c1ccccc1. The van der Waals surface area contributed by atoms with Gasteiger partial charge in [-0.15, -0.1) is 0 Å². The van der Waals surface area contributed by atoms with Gasteiger partial charge in [0.1, 0.15) is 18.2 Å². The Kier molecular flexibility index (Phi) is 9.41. The number of likely N-dealkylation sites (N-methyl/N-ethyl adjacent to an activating group) is 1. The summed E-state index contributed by atoms with van der Waals surface area (Å²) in [6.07, 6.45) is 26.6. The molecule has 4 nitrogen and oxygen atoms in total. The van der Waals surface area contributed by atoms with Gasteiger partial charge in [0.2, 0.25) is 0 Å². The lowest BCUT2D eigenvalue weighted by Crippen LogP contribution is -2.63. The molecule has 0 bridgehead atoms. The van der Waals surface area contributed by atoms with Crippen LogP contribution in [-0.4, -0.2) is 30.4 Å². The molecule has 6 aromatic rings. The van der Waals surface area contributed by atoms with Crippen LogP contribution in [0.3, 0.4) is 0 Å². The van der Waals surface area contributed by atoms with Gasteiger partial charge in [-0.05, 0) is 77.4 Å². The maximum atomic E-state index is 5.52. The summed E-state index contributed by atoms with van der Waals surface area (Å²) >= 11 is 0. The molecule has 3 aliphatic carbocycles. The molecule has 4 aliphatic rings. The van der Waals surface area contributed by atoms with E-state index in [-0.39, 0.29) is 17.9 Å². The summed E-state index contributed by atoms with van der Waals surface area (Å²) in [4.78, 5) is 7.86. The second-order valence-corrected chi connectivity index (χ2v) is 19.9. The maximum Gasteiger partial charge on any atom is 0.151 e. The first kappa shape index (κ1) is 35.4. The number of allylic oxidation sites excluding steroid dienone is 10. The van der Waals surface area contributed by atoms with Crippen molar-refractivity contribution in [2.45, 2.75) is 50.0 Å². The lowest BCUT2D eigenvalue weighted by atomic mass is 10.0. The number of fused-ring (bicyclic) bond motifs is 3. The third kappa shape index (κ3) is 6.22. The zero-order valence-corrected chi connectivity index (χ0v) is 33.5. The number of benzene rings is 5. The van der Waals surface area contributed by atoms with E-state index in [9.17, 15) is 0 Å². The van der Waals surface area contributed by atoms with E-state index in [0.717, 1.165) is 37.9 Å². The Labute approximate surface area is 337 Å². The highest BCUT2D eigenvalue weighted by molar-refractivity contribution is 7.08. The van der Waals surface area contributed by atoms with Crippen molar-refractivity contribution in [2.24, 2.45) is 4.99 Å². The normalized spacial score (nSPS) is 21.8. The highest BCUT2D eigenvalue weighted by atomic mass is 28.3. The summed E-state index contributed by atoms with van der Waals surface area (Å²) in [5.41, 5.74) is 7.67. The third-order valence-corrected chi connectivity index (χ3v) is 17.9. The molecule has 4 atom stereocenters. The van der Waals surface area contributed by atoms with Crippen LogP contribution in [0.4, 0.5) is 0 Å². The Balaban J connectivity index is 1.18. The molecule has 1 aliphatic heterocycles. The van der Waals surface area contributed by atoms with Gasteiger partial charge in [0.05, 0.1) is 11.0 Å². The summed E-state index contributed by atoms with van der Waals surface area (Å²) in [7, 11) is -0.520. The number of rotatable bonds is 8. The van der Waals surface area contributed by atoms with Crippen LogP contribution in [0.5, 0.6) is 0 Å². The molecule has 0 amide bonds. The van der Waals surface area contributed by atoms with Gasteiger partial charge in [-0.25, -0.2) is 4.99 Å². The third-order valence-electron chi connectivity index (χ3n) is 12.5. The summed E-state index contributed by atoms with van der Waals surface area (Å²) in [6, 6.07) is 49.5. The molecular weight excluding hydrogens is 709 g/mol. The lowest BCUT2D eigenvalue weighted by molar-refractivity contribution is 0.257. The molecule has 5 aromatic carbocycles. The number of para-hydroxylation sites is 1. The summed E-state index contributed by atoms with van der Waals surface area (Å²) in [5, 5.41) is 11.1. The van der Waals surface area contributed by atoms with E-state index in [2.05, 4.69) is 210 Å². The summed E-state index contributed by atoms with van der Waals surface area (Å²) in [6.45, 7) is 0. The van der Waals surface area contributed by atoms with Crippen molar-refractivity contribution in [2.75, 3.05) is 7.05 Å². The van der Waals surface area contributed by atoms with Crippen LogP contribution in [0.2, 0.25) is 5.54 Å². The van der Waals surface area contributed by atoms with Crippen LogP contribution in [0, 0.1) is 0 Å². The number of nitrogens with one attached hydrogen (secondary N) is 1. The average molecular weight is 757 g/mol. The first-order chi connectivity index (χ1) is 28.2. The van der Waals surface area contributed by atoms with E-state index in [4.69, 9.17) is 4.99 Å². The summed E-state index contributed by atoms with van der Waals surface area (Å²) in [5.74, 6) is 1.03. The van der Waals surface area contributed by atoms with Gasteiger partial charge in [0.25, 0.3) is 0 Å². The molecule has 280 valence electrons. The van der Waals surface area contributed by atoms with E-state index in [1.807, 2.05) is 0 Å². The molecule has 0 radical (unpaired) electrons. The maximum absolute atomic E-state index is 5.52. The van der Waals surface area contributed by atoms with Gasteiger partial charge in [-0.1, -0.05) is 175 Å². The monoisotopic (exact) mass is 756 g/mol. The molecule has 0 saturated heterocycles. The van der Waals surface area contributed by atoms with Crippen LogP contribution in [0.15, 0.2) is 204 Å². The van der Waals surface area contributed by atoms with Crippen LogP contribution < -0.4 is 15.7 Å². The molecule has 57 heavy (non-hydrogen) atoms. The fraction of sp³-hybridized carbons (Fsp3) is 0.173. The Morgan fingerprint density at radius 1 is 0.667 bits per heavy atom. The van der Waals surface area contributed by atoms with Crippen molar-refractivity contribution >= 4 is 51.8 Å². The Hall–Kier alpha value is -6.01. The molecule has 1 N–H and O–H groups in total. The Morgan fingerprint density at radius 3 is 2.16 bits per heavy atom. The van der Waals surface area contributed by atoms with Crippen molar-refractivity contribution in [1.29, 1.82) is 0 Å². The topological polar surface area (TPSA) is 32.6 Å². The van der Waals surface area contributed by atoms with Crippen molar-refractivity contribution in [3.8, 4) is 0 Å². The molecule has 5 heteroatoms. The van der Waals surface area contributed by atoms with Crippen molar-refractivity contribution in [3.63, 3.8) is 0 Å². The van der Waals surface area contributed by atoms with Crippen molar-refractivity contribution in [3.05, 3.63) is 210 Å². The largest absolute Gasteiger partial charge is 0.340 e. The van der Waals surface area contributed by atoms with Gasteiger partial charge in [-0.3, -0.25) is 5.32 Å². The van der Waals surface area contributed by atoms with Crippen LogP contribution in [0.25, 0.3) is 27.5 Å². The minimum atomic E-state index is -2.71. The summed E-state index contributed by atoms with van der Waals surface area (Å²) < 4.78 is 2.48. The zero-order valence-electron chi connectivity index (χ0n) is 32.5. The standard InChI is InChI=1S/C52H48N4Si/c1-55-51(39-22-9-3-10-23-39)53-50(38-20-7-2-8-21-38)54-52(55)40-24-19-31-44(36-40)57(42-27-13-5-14-28-42,43-29-15-6-16-30-43)45-34-35-49-47(37-45)46-32-17-18-33-48(46)56(49)41-25-11-4-12-26-41/h2-3,5-11,13-15,17-29,32-37,44,50-51,53H,4,12,16,30-31H2,1H3/t44?,50?,51-,57?/m0/s1. The molecule has 2 heterocycles. The van der Waals surface area contributed by atoms with Gasteiger partial charge in [0, 0.05) is 29.1 Å². The number of hydrogen-bond donors (Lipinski definition) is 1. The Morgan fingerprint density at radius 2 is 1.40 bits per heavy atom. The van der Waals surface area contributed by atoms with Crippen LogP contribution >= 0.6 is 0 Å². The first-order valence-corrected chi connectivity index (χ1v) is 22.7. The Bertz CT molecular complexity index is 2660. The van der Waals surface area contributed by atoms with E-state index >= 15 is 0 Å². The van der Waals surface area contributed by atoms with E-state index in [0.29, 0.717) is 0 Å². The van der Waals surface area contributed by atoms with Gasteiger partial charge in [0.15, 0.2) is 8.07 Å². The zero-order chi connectivity index (χ0) is 38.2. The van der Waals surface area contributed by atoms with Gasteiger partial charge < -0.3 is 9.47 Å². The predicted molar refractivity (Wildman–Crippen MR) is 242 cm³/mol. The predicted octanol–water partition coefficient (Wildman–Crippen LogP) is 11.0. The van der Waals surface area contributed by atoms with E-state index in [1.165, 1.54) is 54.6 Å². The highest BCUT2D eigenvalue weighted by Crippen LogP contribution is 2.42. The molecule has 1 aromatic heterocycles. The average Bonchev–Trinajstić information content (AvgIpc) is 3.62. The number of nitrogens with zero attached hydrogens (tertiary/aromatic N) is 3. The fourth-order valence-corrected chi connectivity index (χ4v) is 15.6. The molecule has 0 fully saturated rings. The number of aliphatic imine (C=N–C) groups is 1. The van der Waals surface area contributed by atoms with E-state index in [1.54, 1.807) is 5.20 Å². The molecular formula is C52H48N4Si. The second-order valence-electron chi connectivity index (χ2n) is 15.7. The van der Waals surface area contributed by atoms with Crippen molar-refractivity contribution in [1.82, 2.24) is 14.8 Å². The molecule has 0 saturated carbocycles. The quantitative estimate of drug-likeness (QED) is 0.157. The van der Waals surface area contributed by atoms with Gasteiger partial charge >= 0.3 is 0 Å². The minimum Gasteiger partial charge on any atom is -0.340 e. The van der Waals surface area contributed by atoms with E-state index < -0.39 is 8.07 Å². The number of aromatic nitrogens is 1. The smallest absolute Gasteiger partial charge is 0.151 e. The number of hydrogen-bond acceptors (Lipinski definition) is 3. The van der Waals surface area contributed by atoms with Crippen molar-refractivity contribution < 1.29 is 0 Å². The lowest BCUT2D eigenvalue weighted by Gasteiger charge is -2.44. The first-order valence-electron chi connectivity index (χ1n) is 20.6. The van der Waals surface area contributed by atoms with Crippen LogP contribution in [0.1, 0.15) is 55.6 Å². The molecule has 0 spiro atoms. The van der Waals surface area contributed by atoms with Gasteiger partial charge in [-0.2, -0.15) is 0 Å². The number of amidine groups is 1. The fourth-order valence-electron chi connectivity index (χ4n) is 9.90. The minimum absolute atomic E-state index is 0.0326. The second kappa shape index (κ2) is 15.1. The van der Waals surface area contributed by atoms with Crippen LogP contribution in [-0.2, 0) is 0 Å². The molecule has 3 unspecified atom stereocenters. The highest BCUT2D eigenvalue weighted by Gasteiger charge is 2.47. The molecule has 10 rings (SSSR count).